The first-order chi connectivity index (χ1) is 15.6. The molecule has 0 aliphatic carbocycles. The summed E-state index contributed by atoms with van der Waals surface area (Å²) in [5.74, 6) is 0.747. The van der Waals surface area contributed by atoms with Crippen molar-refractivity contribution in [2.45, 2.75) is 37.1 Å². The van der Waals surface area contributed by atoms with Gasteiger partial charge in [0.2, 0.25) is 5.91 Å². The maximum absolute atomic E-state index is 12.8. The number of carbonyl (C=O) groups is 1. The minimum absolute atomic E-state index is 0.0245. The lowest BCUT2D eigenvalue weighted by atomic mass is 9.86. The highest BCUT2D eigenvalue weighted by molar-refractivity contribution is 7.89. The number of likely N-dealkylation sites (tertiary alicyclic amines) is 1. The van der Waals surface area contributed by atoms with Gasteiger partial charge in [0.15, 0.2) is 9.84 Å². The standard InChI is InChI=1S/C23H27ClN2O6S/c1-31-19-9-13(12-33(3,29)30)23(32-2)21-17(26-8-4-5-20(26)28)11-16(25-22(19)21)15-10-14(24)6-7-18(15)27/h6-7,9-10,16-17,25,27H,4-5,8,11-12H2,1-3H3. The normalized spacial score (nSPS) is 20.4. The van der Waals surface area contributed by atoms with E-state index in [-0.39, 0.29) is 23.5 Å². The first kappa shape index (κ1) is 23.5. The Kier molecular flexibility index (Phi) is 6.37. The van der Waals surface area contributed by atoms with Crippen molar-refractivity contribution in [3.05, 3.63) is 46.0 Å². The number of hydrogen-bond acceptors (Lipinski definition) is 7. The number of amides is 1. The fourth-order valence-corrected chi connectivity index (χ4v) is 5.80. The number of ether oxygens (including phenoxy) is 2. The fraction of sp³-hybridized carbons (Fsp3) is 0.435. The van der Waals surface area contributed by atoms with Crippen molar-refractivity contribution in [3.8, 4) is 17.2 Å². The molecule has 0 radical (unpaired) electrons. The van der Waals surface area contributed by atoms with Crippen molar-refractivity contribution < 1.29 is 27.8 Å². The van der Waals surface area contributed by atoms with Crippen LogP contribution >= 0.6 is 11.6 Å². The second-order valence-electron chi connectivity index (χ2n) is 8.47. The number of fused-ring (bicyclic) bond motifs is 1. The van der Waals surface area contributed by atoms with Crippen molar-refractivity contribution in [2.75, 3.05) is 32.3 Å². The zero-order chi connectivity index (χ0) is 23.9. The summed E-state index contributed by atoms with van der Waals surface area (Å²) in [6, 6.07) is 5.73. The highest BCUT2D eigenvalue weighted by Gasteiger charge is 2.40. The zero-order valence-corrected chi connectivity index (χ0v) is 20.3. The Morgan fingerprint density at radius 1 is 1.24 bits per heavy atom. The molecule has 4 rings (SSSR count). The molecule has 2 heterocycles. The Balaban J connectivity index is 1.93. The van der Waals surface area contributed by atoms with Crippen LogP contribution in [0.15, 0.2) is 24.3 Å². The van der Waals surface area contributed by atoms with Gasteiger partial charge in [0.1, 0.15) is 17.2 Å². The van der Waals surface area contributed by atoms with Crippen LogP contribution in [0.1, 0.15) is 48.0 Å². The van der Waals surface area contributed by atoms with Crippen LogP contribution < -0.4 is 14.8 Å². The number of phenolic OH excluding ortho intramolecular Hbond substituents is 1. The van der Waals surface area contributed by atoms with Gasteiger partial charge in [-0.25, -0.2) is 8.42 Å². The van der Waals surface area contributed by atoms with Crippen LogP contribution in [0.2, 0.25) is 5.02 Å². The van der Waals surface area contributed by atoms with E-state index >= 15 is 0 Å². The molecule has 8 nitrogen and oxygen atoms in total. The smallest absolute Gasteiger partial charge is 0.223 e. The summed E-state index contributed by atoms with van der Waals surface area (Å²) < 4.78 is 35.6. The average Bonchev–Trinajstić information content (AvgIpc) is 3.18. The molecule has 0 bridgehead atoms. The molecule has 1 amide bonds. The number of halogens is 1. The number of anilines is 1. The van der Waals surface area contributed by atoms with Crippen LogP contribution in [-0.2, 0) is 20.4 Å². The van der Waals surface area contributed by atoms with Crippen molar-refractivity contribution in [3.63, 3.8) is 0 Å². The van der Waals surface area contributed by atoms with E-state index < -0.39 is 15.9 Å². The van der Waals surface area contributed by atoms with Gasteiger partial charge in [-0.2, -0.15) is 0 Å². The number of phenols is 1. The molecule has 0 spiro atoms. The number of sulfone groups is 1. The topological polar surface area (TPSA) is 105 Å². The lowest BCUT2D eigenvalue weighted by Crippen LogP contribution is -2.36. The molecule has 2 aliphatic rings. The number of nitrogens with zero attached hydrogens (tertiary/aromatic N) is 1. The molecule has 33 heavy (non-hydrogen) atoms. The highest BCUT2D eigenvalue weighted by atomic mass is 35.5. The molecule has 0 saturated carbocycles. The van der Waals surface area contributed by atoms with Gasteiger partial charge < -0.3 is 24.8 Å². The Bertz CT molecular complexity index is 1200. The summed E-state index contributed by atoms with van der Waals surface area (Å²) in [6.45, 7) is 0.582. The van der Waals surface area contributed by atoms with Gasteiger partial charge in [-0.3, -0.25) is 4.79 Å². The quantitative estimate of drug-likeness (QED) is 0.628. The number of aromatic hydroxyl groups is 1. The summed E-state index contributed by atoms with van der Waals surface area (Å²) in [6.07, 6.45) is 2.80. The van der Waals surface area contributed by atoms with Crippen LogP contribution in [0.5, 0.6) is 17.2 Å². The molecule has 2 atom stereocenters. The molecule has 2 aromatic rings. The van der Waals surface area contributed by atoms with E-state index in [1.807, 2.05) is 0 Å². The Hall–Kier alpha value is -2.65. The first-order valence-electron chi connectivity index (χ1n) is 10.6. The predicted octanol–water partition coefficient (Wildman–Crippen LogP) is 3.83. The van der Waals surface area contributed by atoms with Crippen LogP contribution in [0.4, 0.5) is 5.69 Å². The van der Waals surface area contributed by atoms with E-state index in [4.69, 9.17) is 21.1 Å². The number of carbonyl (C=O) groups excluding carboxylic acids is 1. The average molecular weight is 495 g/mol. The van der Waals surface area contributed by atoms with Gasteiger partial charge in [0, 0.05) is 40.9 Å². The second-order valence-corrected chi connectivity index (χ2v) is 11.0. The third-order valence-electron chi connectivity index (χ3n) is 6.16. The summed E-state index contributed by atoms with van der Waals surface area (Å²) in [7, 11) is -0.361. The third-order valence-corrected chi connectivity index (χ3v) is 7.23. The number of methoxy groups -OCH3 is 2. The maximum Gasteiger partial charge on any atom is 0.223 e. The largest absolute Gasteiger partial charge is 0.508 e. The summed E-state index contributed by atoms with van der Waals surface area (Å²) in [5.41, 5.74) is 2.36. The van der Waals surface area contributed by atoms with Crippen LogP contribution in [0, 0.1) is 0 Å². The Morgan fingerprint density at radius 3 is 2.61 bits per heavy atom. The molecule has 2 unspecified atom stereocenters. The number of nitrogens with one attached hydrogen (secondary N) is 1. The molecule has 1 saturated heterocycles. The molecule has 2 aliphatic heterocycles. The molecular formula is C23H27ClN2O6S. The molecule has 178 valence electrons. The lowest BCUT2D eigenvalue weighted by molar-refractivity contribution is -0.130. The summed E-state index contributed by atoms with van der Waals surface area (Å²) >= 11 is 6.21. The minimum atomic E-state index is -3.36. The SMILES string of the molecule is COc1cc(CS(C)(=O)=O)c(OC)c2c1NC(c1cc(Cl)ccc1O)CC2N1CCCC1=O. The summed E-state index contributed by atoms with van der Waals surface area (Å²) in [4.78, 5) is 14.6. The van der Waals surface area contributed by atoms with E-state index in [2.05, 4.69) is 5.32 Å². The van der Waals surface area contributed by atoms with E-state index in [1.54, 1.807) is 23.1 Å². The molecule has 2 N–H and O–H groups in total. The van der Waals surface area contributed by atoms with Gasteiger partial charge in [-0.15, -0.1) is 0 Å². The lowest BCUT2D eigenvalue weighted by Gasteiger charge is -2.40. The number of rotatable bonds is 6. The van der Waals surface area contributed by atoms with Gasteiger partial charge in [-0.1, -0.05) is 11.6 Å². The molecule has 1 fully saturated rings. The monoisotopic (exact) mass is 494 g/mol. The van der Waals surface area contributed by atoms with E-state index in [9.17, 15) is 18.3 Å². The molecule has 2 aromatic carbocycles. The van der Waals surface area contributed by atoms with Crippen molar-refractivity contribution >= 4 is 33.0 Å². The van der Waals surface area contributed by atoms with Gasteiger partial charge in [0.25, 0.3) is 0 Å². The Morgan fingerprint density at radius 2 is 2.00 bits per heavy atom. The van der Waals surface area contributed by atoms with Crippen LogP contribution in [-0.4, -0.2) is 51.4 Å². The number of benzene rings is 2. The second kappa shape index (κ2) is 8.95. The summed E-state index contributed by atoms with van der Waals surface area (Å²) in [5, 5.41) is 14.4. The van der Waals surface area contributed by atoms with E-state index in [1.165, 1.54) is 20.3 Å². The molecule has 0 aromatic heterocycles. The predicted molar refractivity (Wildman–Crippen MR) is 126 cm³/mol. The van der Waals surface area contributed by atoms with Crippen molar-refractivity contribution in [1.82, 2.24) is 4.90 Å². The fourth-order valence-electron chi connectivity index (χ4n) is 4.84. The maximum atomic E-state index is 12.8. The number of hydrogen-bond donors (Lipinski definition) is 2. The molecule has 10 heteroatoms. The van der Waals surface area contributed by atoms with Gasteiger partial charge in [-0.05, 0) is 37.1 Å². The third kappa shape index (κ3) is 4.56. The highest BCUT2D eigenvalue weighted by Crippen LogP contribution is 2.53. The van der Waals surface area contributed by atoms with E-state index in [0.29, 0.717) is 58.3 Å². The van der Waals surface area contributed by atoms with Crippen molar-refractivity contribution in [2.24, 2.45) is 0 Å². The minimum Gasteiger partial charge on any atom is -0.508 e. The van der Waals surface area contributed by atoms with Crippen LogP contribution in [0.3, 0.4) is 0 Å². The first-order valence-corrected chi connectivity index (χ1v) is 13.1. The van der Waals surface area contributed by atoms with Gasteiger partial charge >= 0.3 is 0 Å². The zero-order valence-electron chi connectivity index (χ0n) is 18.7. The van der Waals surface area contributed by atoms with Crippen LogP contribution in [0.25, 0.3) is 0 Å². The van der Waals surface area contributed by atoms with E-state index in [0.717, 1.165) is 12.7 Å². The Labute approximate surface area is 198 Å². The molecular weight excluding hydrogens is 468 g/mol. The van der Waals surface area contributed by atoms with Gasteiger partial charge in [0.05, 0.1) is 37.7 Å². The van der Waals surface area contributed by atoms with Crippen molar-refractivity contribution in [1.29, 1.82) is 0 Å².